The Morgan fingerprint density at radius 3 is 1.57 bits per heavy atom. The molecule has 7 aromatic carbocycles. The van der Waals surface area contributed by atoms with Crippen molar-refractivity contribution in [1.82, 2.24) is 9.97 Å². The van der Waals surface area contributed by atoms with Crippen molar-refractivity contribution in [2.24, 2.45) is 0 Å². The van der Waals surface area contributed by atoms with Crippen molar-refractivity contribution in [3.63, 3.8) is 0 Å². The zero-order valence-electron chi connectivity index (χ0n) is 29.6. The zero-order chi connectivity index (χ0) is 35.6. The van der Waals surface area contributed by atoms with E-state index in [-0.39, 0.29) is 5.41 Å². The molecule has 0 N–H and O–H groups in total. The summed E-state index contributed by atoms with van der Waals surface area (Å²) in [7, 11) is 0. The molecule has 10 rings (SSSR count). The smallest absolute Gasteiger partial charge is 0.160 e. The quantitative estimate of drug-likeness (QED) is 0.186. The Balaban J connectivity index is 1.25. The second-order valence-corrected chi connectivity index (χ2v) is 14.5. The topological polar surface area (TPSA) is 35.0 Å². The lowest BCUT2D eigenvalue weighted by Gasteiger charge is -2.50. The third-order valence-electron chi connectivity index (χ3n) is 11.2. The maximum Gasteiger partial charge on any atom is 0.160 e. The fourth-order valence-corrected chi connectivity index (χ4v) is 8.81. The van der Waals surface area contributed by atoms with Gasteiger partial charge in [0.05, 0.1) is 16.8 Å². The lowest BCUT2D eigenvalue weighted by Crippen LogP contribution is -2.43. The lowest BCUT2D eigenvalue weighted by atomic mass is 9.53. The van der Waals surface area contributed by atoms with E-state index in [1.54, 1.807) is 0 Å². The highest BCUT2D eigenvalue weighted by atomic mass is 16.5. The van der Waals surface area contributed by atoms with E-state index in [0.717, 1.165) is 61.8 Å². The molecule has 0 unspecified atom stereocenters. The Kier molecular flexibility index (Phi) is 7.06. The number of para-hydroxylation sites is 1. The van der Waals surface area contributed by atoms with Gasteiger partial charge in [0, 0.05) is 33.2 Å². The SMILES string of the molecule is CC1(C)c2ccccc2C2(c3ccccc3Oc3ccc(-c4nc(-c5ccccc5)cc(-c5ccccc5-c5ccccc5)n4)cc32)c2ccccc21. The molecule has 0 saturated carbocycles. The van der Waals surface area contributed by atoms with Crippen LogP contribution in [0.15, 0.2) is 182 Å². The van der Waals surface area contributed by atoms with Gasteiger partial charge in [-0.3, -0.25) is 0 Å². The predicted octanol–water partition coefficient (Wildman–Crippen LogP) is 12.3. The van der Waals surface area contributed by atoms with Crippen LogP contribution >= 0.6 is 0 Å². The van der Waals surface area contributed by atoms with Crippen molar-refractivity contribution >= 4 is 0 Å². The molecule has 3 nitrogen and oxygen atoms in total. The molecule has 0 atom stereocenters. The van der Waals surface area contributed by atoms with Gasteiger partial charge < -0.3 is 4.74 Å². The Hall–Kier alpha value is -6.58. The molecule has 1 spiro atoms. The monoisotopic (exact) mass is 680 g/mol. The molecule has 0 saturated heterocycles. The number of ether oxygens (including phenoxy) is 1. The number of rotatable bonds is 4. The summed E-state index contributed by atoms with van der Waals surface area (Å²) in [6.07, 6.45) is 0. The molecule has 0 bridgehead atoms. The zero-order valence-corrected chi connectivity index (χ0v) is 29.6. The maximum absolute atomic E-state index is 6.79. The third kappa shape index (κ3) is 4.74. The van der Waals surface area contributed by atoms with Gasteiger partial charge in [-0.15, -0.1) is 0 Å². The minimum absolute atomic E-state index is 0.197. The molecule has 2 aliphatic rings. The summed E-state index contributed by atoms with van der Waals surface area (Å²) >= 11 is 0. The number of aromatic nitrogens is 2. The predicted molar refractivity (Wildman–Crippen MR) is 214 cm³/mol. The van der Waals surface area contributed by atoms with Gasteiger partial charge in [0.1, 0.15) is 11.5 Å². The van der Waals surface area contributed by atoms with Crippen LogP contribution in [-0.2, 0) is 10.8 Å². The van der Waals surface area contributed by atoms with Crippen molar-refractivity contribution in [1.29, 1.82) is 0 Å². The molecule has 0 amide bonds. The van der Waals surface area contributed by atoms with Gasteiger partial charge in [0.2, 0.25) is 0 Å². The molecule has 0 radical (unpaired) electrons. The van der Waals surface area contributed by atoms with Crippen LogP contribution in [0.4, 0.5) is 0 Å². The standard InChI is InChI=1S/C50H36N2O/c1-49(2)38-23-11-13-25-40(38)50(41-26-14-12-24-39(41)49)42-27-15-16-28-46(42)53-47-30-29-35(31-43(47)50)48-51-44(34-19-7-4-8-20-34)32-45(52-48)37-22-10-9-21-36(37)33-17-5-3-6-18-33/h3-32H,1-2H3. The summed E-state index contributed by atoms with van der Waals surface area (Å²) in [4.78, 5) is 10.7. The van der Waals surface area contributed by atoms with E-state index >= 15 is 0 Å². The van der Waals surface area contributed by atoms with E-state index < -0.39 is 5.41 Å². The van der Waals surface area contributed by atoms with Gasteiger partial charge in [-0.25, -0.2) is 9.97 Å². The molecule has 53 heavy (non-hydrogen) atoms. The van der Waals surface area contributed by atoms with E-state index in [1.165, 1.54) is 22.3 Å². The van der Waals surface area contributed by atoms with E-state index in [2.05, 4.69) is 190 Å². The van der Waals surface area contributed by atoms with Crippen LogP contribution in [0.5, 0.6) is 11.5 Å². The minimum Gasteiger partial charge on any atom is -0.457 e. The Morgan fingerprint density at radius 2 is 0.887 bits per heavy atom. The molecular weight excluding hydrogens is 645 g/mol. The van der Waals surface area contributed by atoms with Crippen LogP contribution in [0.2, 0.25) is 0 Å². The molecule has 1 aliphatic heterocycles. The first kappa shape index (κ1) is 31.2. The fraction of sp³-hybridized carbons (Fsp3) is 0.0800. The molecule has 0 fully saturated rings. The van der Waals surface area contributed by atoms with Crippen molar-refractivity contribution in [3.8, 4) is 56.5 Å². The van der Waals surface area contributed by atoms with Crippen LogP contribution in [-0.4, -0.2) is 9.97 Å². The van der Waals surface area contributed by atoms with Gasteiger partial charge in [-0.1, -0.05) is 166 Å². The first-order valence-corrected chi connectivity index (χ1v) is 18.2. The number of nitrogens with zero attached hydrogens (tertiary/aromatic N) is 2. The fourth-order valence-electron chi connectivity index (χ4n) is 8.81. The average Bonchev–Trinajstić information content (AvgIpc) is 3.23. The number of benzene rings is 7. The van der Waals surface area contributed by atoms with Crippen molar-refractivity contribution < 1.29 is 4.74 Å². The summed E-state index contributed by atoms with van der Waals surface area (Å²) in [6.45, 7) is 4.69. The summed E-state index contributed by atoms with van der Waals surface area (Å²) in [6, 6.07) is 64.5. The summed E-state index contributed by atoms with van der Waals surface area (Å²) in [5, 5.41) is 0. The van der Waals surface area contributed by atoms with Gasteiger partial charge in [-0.05, 0) is 63.7 Å². The second kappa shape index (κ2) is 12.0. The first-order chi connectivity index (χ1) is 26.0. The first-order valence-electron chi connectivity index (χ1n) is 18.2. The van der Waals surface area contributed by atoms with Gasteiger partial charge in [0.25, 0.3) is 0 Å². The number of fused-ring (bicyclic) bond motifs is 8. The normalized spacial score (nSPS) is 14.3. The van der Waals surface area contributed by atoms with E-state index in [9.17, 15) is 0 Å². The summed E-state index contributed by atoms with van der Waals surface area (Å²) in [5.74, 6) is 2.38. The molecule has 1 aliphatic carbocycles. The number of hydrogen-bond acceptors (Lipinski definition) is 3. The Labute approximate surface area is 310 Å². The van der Waals surface area contributed by atoms with Crippen LogP contribution in [0, 0.1) is 0 Å². The van der Waals surface area contributed by atoms with Gasteiger partial charge >= 0.3 is 0 Å². The molecule has 2 heterocycles. The molecule has 3 heteroatoms. The molecule has 8 aromatic rings. The Morgan fingerprint density at radius 1 is 0.377 bits per heavy atom. The highest BCUT2D eigenvalue weighted by Gasteiger charge is 2.52. The molecule has 252 valence electrons. The van der Waals surface area contributed by atoms with Crippen molar-refractivity contribution in [2.75, 3.05) is 0 Å². The van der Waals surface area contributed by atoms with Crippen LogP contribution < -0.4 is 4.74 Å². The van der Waals surface area contributed by atoms with Crippen LogP contribution in [0.3, 0.4) is 0 Å². The molecular formula is C50H36N2O. The lowest BCUT2D eigenvalue weighted by molar-refractivity contribution is 0.425. The highest BCUT2D eigenvalue weighted by molar-refractivity contribution is 5.84. The number of hydrogen-bond donors (Lipinski definition) is 0. The highest BCUT2D eigenvalue weighted by Crippen LogP contribution is 2.61. The van der Waals surface area contributed by atoms with Crippen molar-refractivity contribution in [3.05, 3.63) is 215 Å². The van der Waals surface area contributed by atoms with Gasteiger partial charge in [0.15, 0.2) is 5.82 Å². The van der Waals surface area contributed by atoms with E-state index in [4.69, 9.17) is 14.7 Å². The van der Waals surface area contributed by atoms with E-state index in [1.807, 2.05) is 6.07 Å². The molecule has 1 aromatic heterocycles. The maximum atomic E-state index is 6.79. The minimum atomic E-state index is -0.622. The summed E-state index contributed by atoms with van der Waals surface area (Å²) < 4.78 is 6.79. The van der Waals surface area contributed by atoms with Crippen LogP contribution in [0.1, 0.15) is 47.2 Å². The largest absolute Gasteiger partial charge is 0.457 e. The average molecular weight is 681 g/mol. The second-order valence-electron chi connectivity index (χ2n) is 14.5. The summed E-state index contributed by atoms with van der Waals surface area (Å²) in [5.41, 5.74) is 13.6. The third-order valence-corrected chi connectivity index (χ3v) is 11.2. The van der Waals surface area contributed by atoms with E-state index in [0.29, 0.717) is 5.82 Å². The van der Waals surface area contributed by atoms with Crippen molar-refractivity contribution in [2.45, 2.75) is 24.7 Å². The van der Waals surface area contributed by atoms with Crippen LogP contribution in [0.25, 0.3) is 45.0 Å². The Bertz CT molecular complexity index is 2630. The van der Waals surface area contributed by atoms with Gasteiger partial charge in [-0.2, -0.15) is 0 Å².